The number of hydrogen-bond donors (Lipinski definition) is 3. The topological polar surface area (TPSA) is 74.3 Å². The Morgan fingerprint density at radius 2 is 2.15 bits per heavy atom. The number of hydrogen-bond acceptors (Lipinski definition) is 3. The van der Waals surface area contributed by atoms with E-state index in [1.165, 1.54) is 19.3 Å². The first-order chi connectivity index (χ1) is 13.2. The van der Waals surface area contributed by atoms with Gasteiger partial charge in [-0.15, -0.1) is 0 Å². The molecule has 1 saturated carbocycles. The predicted molar refractivity (Wildman–Crippen MR) is 111 cm³/mol. The first-order valence-corrected chi connectivity index (χ1v) is 10.2. The van der Waals surface area contributed by atoms with Crippen LogP contribution in [0.15, 0.2) is 29.3 Å². The molecule has 0 unspecified atom stereocenters. The zero-order valence-corrected chi connectivity index (χ0v) is 16.7. The van der Waals surface area contributed by atoms with Crippen LogP contribution in [-0.2, 0) is 11.2 Å². The van der Waals surface area contributed by atoms with E-state index in [9.17, 15) is 0 Å². The standard InChI is InChI=1S/C21H33N5O/c1-3-22-20(24-16-21(11-7-12-21)13-15-27-2)23-14-6-10-19-25-17-8-4-5-9-18(17)26-19/h4-5,8-9H,3,6-7,10-16H2,1-2H3,(H,25,26)(H2,22,23,24). The minimum atomic E-state index is 0.354. The van der Waals surface area contributed by atoms with Crippen molar-refractivity contribution < 1.29 is 4.74 Å². The maximum Gasteiger partial charge on any atom is 0.191 e. The number of fused-ring (bicyclic) bond motifs is 1. The van der Waals surface area contributed by atoms with Crippen LogP contribution in [0.1, 0.15) is 44.9 Å². The van der Waals surface area contributed by atoms with Crippen molar-refractivity contribution in [2.24, 2.45) is 10.4 Å². The van der Waals surface area contributed by atoms with Crippen LogP contribution in [0, 0.1) is 5.41 Å². The van der Waals surface area contributed by atoms with Crippen molar-refractivity contribution in [2.45, 2.75) is 45.4 Å². The van der Waals surface area contributed by atoms with Crippen molar-refractivity contribution in [3.8, 4) is 0 Å². The lowest BCUT2D eigenvalue weighted by atomic mass is 9.67. The van der Waals surface area contributed by atoms with Gasteiger partial charge in [0.25, 0.3) is 0 Å². The monoisotopic (exact) mass is 371 g/mol. The zero-order chi connectivity index (χ0) is 19.0. The molecule has 1 aliphatic rings. The van der Waals surface area contributed by atoms with Crippen molar-refractivity contribution in [3.05, 3.63) is 30.1 Å². The summed E-state index contributed by atoms with van der Waals surface area (Å²) in [5.41, 5.74) is 2.50. The molecule has 0 aliphatic heterocycles. The molecule has 148 valence electrons. The van der Waals surface area contributed by atoms with Crippen LogP contribution in [0.5, 0.6) is 0 Å². The third kappa shape index (κ3) is 5.45. The number of aromatic nitrogens is 2. The minimum absolute atomic E-state index is 0.354. The summed E-state index contributed by atoms with van der Waals surface area (Å²) in [5, 5.41) is 6.83. The van der Waals surface area contributed by atoms with Gasteiger partial charge in [-0.1, -0.05) is 18.6 Å². The number of imidazole rings is 1. The molecule has 3 N–H and O–H groups in total. The Balaban J connectivity index is 1.46. The number of methoxy groups -OCH3 is 1. The molecule has 1 aromatic carbocycles. The highest BCUT2D eigenvalue weighted by atomic mass is 16.5. The van der Waals surface area contributed by atoms with Crippen molar-refractivity contribution in [2.75, 3.05) is 33.4 Å². The maximum absolute atomic E-state index is 5.28. The van der Waals surface area contributed by atoms with Crippen LogP contribution in [-0.4, -0.2) is 49.3 Å². The summed E-state index contributed by atoms with van der Waals surface area (Å²) in [5.74, 6) is 1.97. The van der Waals surface area contributed by atoms with Gasteiger partial charge < -0.3 is 20.4 Å². The molecule has 1 fully saturated rings. The summed E-state index contributed by atoms with van der Waals surface area (Å²) < 4.78 is 5.28. The number of rotatable bonds is 10. The van der Waals surface area contributed by atoms with Gasteiger partial charge in [0.05, 0.1) is 11.0 Å². The lowest BCUT2D eigenvalue weighted by Gasteiger charge is -2.40. The van der Waals surface area contributed by atoms with Crippen LogP contribution in [0.3, 0.4) is 0 Å². The van der Waals surface area contributed by atoms with Crippen LogP contribution in [0.2, 0.25) is 0 Å². The van der Waals surface area contributed by atoms with E-state index in [1.807, 2.05) is 18.2 Å². The Kier molecular flexibility index (Phi) is 7.10. The average molecular weight is 372 g/mol. The minimum Gasteiger partial charge on any atom is -0.385 e. The van der Waals surface area contributed by atoms with E-state index >= 15 is 0 Å². The molecular formula is C21H33N5O. The van der Waals surface area contributed by atoms with Gasteiger partial charge in [-0.3, -0.25) is 4.99 Å². The highest BCUT2D eigenvalue weighted by molar-refractivity contribution is 5.79. The first kappa shape index (κ1) is 19.7. The molecule has 0 spiro atoms. The van der Waals surface area contributed by atoms with E-state index in [-0.39, 0.29) is 0 Å². The van der Waals surface area contributed by atoms with Gasteiger partial charge in [0.1, 0.15) is 5.82 Å². The van der Waals surface area contributed by atoms with Gasteiger partial charge in [0, 0.05) is 39.8 Å². The highest BCUT2D eigenvalue weighted by Crippen LogP contribution is 2.44. The fourth-order valence-electron chi connectivity index (χ4n) is 3.66. The quantitative estimate of drug-likeness (QED) is 0.340. The largest absolute Gasteiger partial charge is 0.385 e. The Labute approximate surface area is 162 Å². The molecule has 6 nitrogen and oxygen atoms in total. The van der Waals surface area contributed by atoms with Crippen molar-refractivity contribution in [1.82, 2.24) is 20.6 Å². The Morgan fingerprint density at radius 1 is 1.30 bits per heavy atom. The zero-order valence-electron chi connectivity index (χ0n) is 16.7. The predicted octanol–water partition coefficient (Wildman–Crippen LogP) is 3.26. The number of guanidine groups is 1. The number of aryl methyl sites for hydroxylation is 1. The summed E-state index contributed by atoms with van der Waals surface area (Å²) >= 11 is 0. The summed E-state index contributed by atoms with van der Waals surface area (Å²) in [7, 11) is 1.78. The molecule has 1 aliphatic carbocycles. The van der Waals surface area contributed by atoms with Gasteiger partial charge in [0.2, 0.25) is 0 Å². The summed E-state index contributed by atoms with van der Waals surface area (Å²) in [4.78, 5) is 12.9. The molecule has 2 aromatic rings. The molecule has 6 heteroatoms. The molecule has 1 heterocycles. The smallest absolute Gasteiger partial charge is 0.191 e. The molecule has 3 rings (SSSR count). The van der Waals surface area contributed by atoms with E-state index in [0.717, 1.165) is 68.3 Å². The van der Waals surface area contributed by atoms with E-state index in [0.29, 0.717) is 5.41 Å². The number of H-pyrrole nitrogens is 1. The fraction of sp³-hybridized carbons (Fsp3) is 0.619. The number of aromatic amines is 1. The Morgan fingerprint density at radius 3 is 2.85 bits per heavy atom. The Bertz CT molecular complexity index is 702. The number of ether oxygens (including phenoxy) is 1. The van der Waals surface area contributed by atoms with Crippen LogP contribution < -0.4 is 10.6 Å². The van der Waals surface area contributed by atoms with Crippen molar-refractivity contribution in [1.29, 1.82) is 0 Å². The molecule has 0 atom stereocenters. The maximum atomic E-state index is 5.28. The second kappa shape index (κ2) is 9.74. The van der Waals surface area contributed by atoms with Crippen molar-refractivity contribution >= 4 is 17.0 Å². The molecule has 0 saturated heterocycles. The first-order valence-electron chi connectivity index (χ1n) is 10.2. The SMILES string of the molecule is CCNC(=NCC1(CCOC)CCC1)NCCCc1nc2ccccc2[nH]1. The summed E-state index contributed by atoms with van der Waals surface area (Å²) in [6, 6.07) is 8.17. The molecular weight excluding hydrogens is 338 g/mol. The lowest BCUT2D eigenvalue weighted by Crippen LogP contribution is -2.40. The van der Waals surface area contributed by atoms with Crippen molar-refractivity contribution in [3.63, 3.8) is 0 Å². The molecule has 27 heavy (non-hydrogen) atoms. The van der Waals surface area contributed by atoms with Crippen LogP contribution in [0.25, 0.3) is 11.0 Å². The lowest BCUT2D eigenvalue weighted by molar-refractivity contribution is 0.0778. The van der Waals surface area contributed by atoms with Crippen LogP contribution >= 0.6 is 0 Å². The van der Waals surface area contributed by atoms with Gasteiger partial charge in [-0.25, -0.2) is 4.98 Å². The van der Waals surface area contributed by atoms with Crippen LogP contribution in [0.4, 0.5) is 0 Å². The van der Waals surface area contributed by atoms with Gasteiger partial charge in [-0.05, 0) is 50.2 Å². The molecule has 1 aromatic heterocycles. The third-order valence-corrected chi connectivity index (χ3v) is 5.49. The van der Waals surface area contributed by atoms with E-state index < -0.39 is 0 Å². The third-order valence-electron chi connectivity index (χ3n) is 5.49. The van der Waals surface area contributed by atoms with Gasteiger partial charge in [0.15, 0.2) is 5.96 Å². The van der Waals surface area contributed by atoms with Gasteiger partial charge in [-0.2, -0.15) is 0 Å². The fourth-order valence-corrected chi connectivity index (χ4v) is 3.66. The molecule has 0 amide bonds. The normalized spacial score (nSPS) is 16.3. The second-order valence-electron chi connectivity index (χ2n) is 7.52. The number of nitrogens with zero attached hydrogens (tertiary/aromatic N) is 2. The summed E-state index contributed by atoms with van der Waals surface area (Å²) in [6.07, 6.45) is 6.91. The number of benzene rings is 1. The summed E-state index contributed by atoms with van der Waals surface area (Å²) in [6.45, 7) is 5.58. The Hall–Kier alpha value is -2.08. The number of para-hydroxylation sites is 2. The molecule has 0 radical (unpaired) electrons. The highest BCUT2D eigenvalue weighted by Gasteiger charge is 2.36. The second-order valence-corrected chi connectivity index (χ2v) is 7.52. The van der Waals surface area contributed by atoms with Gasteiger partial charge >= 0.3 is 0 Å². The van der Waals surface area contributed by atoms with E-state index in [1.54, 1.807) is 7.11 Å². The van der Waals surface area contributed by atoms with E-state index in [4.69, 9.17) is 9.73 Å². The number of nitrogens with one attached hydrogen (secondary N) is 3. The average Bonchev–Trinajstić information content (AvgIpc) is 3.06. The van der Waals surface area contributed by atoms with E-state index in [2.05, 4.69) is 33.6 Å². The number of aliphatic imine (C=N–C) groups is 1. The molecule has 0 bridgehead atoms.